The summed E-state index contributed by atoms with van der Waals surface area (Å²) in [6.45, 7) is 5.05. The standard InChI is InChI=1S/C42H40FN9O4/c43-31-7-1-6-30(25-31)33-9-4-20-50(33)39-17-16-37-44-26-35(52(37)47-39)32-8-2-10-38(45-32)49-23-21-48(22-24-49)19-3-5-28-11-13-29(14-12-28)36-27-51(42(55)56-36)34-15-18-40(53)46-41(34)54/h1-2,6-8,10-14,16-17,25-26,33-34,36H,4,9,15,18-24,27H2,(H,46,53,54). The maximum atomic E-state index is 14.1. The van der Waals surface area contributed by atoms with Crippen molar-refractivity contribution < 1.29 is 23.5 Å². The SMILES string of the molecule is O=C1CCC(N2CC(c3ccc(C#CCN4CCN(c5cccc(-c6cnc7ccc(N8CCCC8c8cccc(F)c8)nn67)n5)CC4)cc3)OC2=O)C(=O)N1. The molecule has 0 spiro atoms. The molecule has 4 saturated heterocycles. The van der Waals surface area contributed by atoms with Crippen molar-refractivity contribution in [1.29, 1.82) is 0 Å². The number of carbonyl (C=O) groups excluding carboxylic acids is 3. The van der Waals surface area contributed by atoms with Crippen molar-refractivity contribution in [1.82, 2.24) is 34.7 Å². The maximum absolute atomic E-state index is 14.1. The molecule has 9 rings (SSSR count). The Kier molecular flexibility index (Phi) is 9.52. The van der Waals surface area contributed by atoms with Gasteiger partial charge < -0.3 is 14.5 Å². The van der Waals surface area contributed by atoms with Crippen LogP contribution in [0.25, 0.3) is 17.0 Å². The topological polar surface area (TPSA) is 129 Å². The highest BCUT2D eigenvalue weighted by Crippen LogP contribution is 2.36. The molecule has 3 atom stereocenters. The number of piperidine rings is 1. The molecule has 4 fully saturated rings. The molecule has 0 bridgehead atoms. The maximum Gasteiger partial charge on any atom is 0.411 e. The molecule has 7 heterocycles. The smallest absolute Gasteiger partial charge is 0.411 e. The number of nitrogens with one attached hydrogen (secondary N) is 1. The molecular formula is C42H40FN9O4. The summed E-state index contributed by atoms with van der Waals surface area (Å²) in [6, 6.07) is 23.9. The Bertz CT molecular complexity index is 2370. The summed E-state index contributed by atoms with van der Waals surface area (Å²) in [5, 5.41) is 7.32. The number of pyridine rings is 1. The molecule has 2 aromatic carbocycles. The van der Waals surface area contributed by atoms with Crippen molar-refractivity contribution in [2.45, 2.75) is 43.9 Å². The number of cyclic esters (lactones) is 1. The van der Waals surface area contributed by atoms with Crippen LogP contribution in [0.4, 0.5) is 20.8 Å². The zero-order valence-electron chi connectivity index (χ0n) is 30.7. The third-order valence-electron chi connectivity index (χ3n) is 11.1. The average molecular weight is 754 g/mol. The zero-order valence-corrected chi connectivity index (χ0v) is 30.7. The summed E-state index contributed by atoms with van der Waals surface area (Å²) in [5.41, 5.74) is 4.99. The van der Waals surface area contributed by atoms with E-state index in [4.69, 9.17) is 14.8 Å². The van der Waals surface area contributed by atoms with Crippen LogP contribution in [0.3, 0.4) is 0 Å². The number of carbonyl (C=O) groups is 3. The second-order valence-corrected chi connectivity index (χ2v) is 14.6. The van der Waals surface area contributed by atoms with Crippen molar-refractivity contribution in [2.24, 2.45) is 0 Å². The number of ether oxygens (including phenoxy) is 1. The lowest BCUT2D eigenvalue weighted by molar-refractivity contribution is -0.136. The fraction of sp³-hybridized carbons (Fsp3) is 0.333. The Morgan fingerprint density at radius 3 is 2.50 bits per heavy atom. The predicted molar refractivity (Wildman–Crippen MR) is 206 cm³/mol. The van der Waals surface area contributed by atoms with E-state index in [0.29, 0.717) is 13.0 Å². The fourth-order valence-corrected chi connectivity index (χ4v) is 8.09. The summed E-state index contributed by atoms with van der Waals surface area (Å²) >= 11 is 0. The largest absolute Gasteiger partial charge is 0.439 e. The van der Waals surface area contributed by atoms with Gasteiger partial charge in [0.2, 0.25) is 11.8 Å². The van der Waals surface area contributed by atoms with Crippen LogP contribution in [0.2, 0.25) is 0 Å². The number of hydrogen-bond acceptors (Lipinski definition) is 10. The average Bonchev–Trinajstić information content (AvgIpc) is 3.97. The van der Waals surface area contributed by atoms with Gasteiger partial charge in [0.1, 0.15) is 35.3 Å². The van der Waals surface area contributed by atoms with E-state index in [0.717, 1.165) is 90.9 Å². The number of aromatic nitrogens is 4. The van der Waals surface area contributed by atoms with Gasteiger partial charge in [0.25, 0.3) is 0 Å². The number of anilines is 2. The van der Waals surface area contributed by atoms with Gasteiger partial charge in [-0.1, -0.05) is 42.2 Å². The van der Waals surface area contributed by atoms with Crippen LogP contribution >= 0.6 is 0 Å². The second kappa shape index (κ2) is 15.1. The molecule has 3 unspecified atom stereocenters. The van der Waals surface area contributed by atoms with E-state index in [1.54, 1.807) is 12.1 Å². The first-order valence-corrected chi connectivity index (χ1v) is 19.1. The molecule has 0 aliphatic carbocycles. The molecule has 0 radical (unpaired) electrons. The number of nitrogens with zero attached hydrogens (tertiary/aromatic N) is 8. The molecule has 3 aromatic heterocycles. The molecular weight excluding hydrogens is 714 g/mol. The van der Waals surface area contributed by atoms with Gasteiger partial charge in [-0.2, -0.15) is 0 Å². The Morgan fingerprint density at radius 1 is 0.839 bits per heavy atom. The van der Waals surface area contributed by atoms with Crippen LogP contribution in [0.15, 0.2) is 85.1 Å². The van der Waals surface area contributed by atoms with Gasteiger partial charge in [-0.3, -0.25) is 24.7 Å². The third kappa shape index (κ3) is 7.13. The number of halogens is 1. The zero-order chi connectivity index (χ0) is 38.2. The minimum atomic E-state index is -0.696. The highest BCUT2D eigenvalue weighted by atomic mass is 19.1. The molecule has 1 N–H and O–H groups in total. The molecule has 3 amide bonds. The monoisotopic (exact) mass is 753 g/mol. The van der Waals surface area contributed by atoms with E-state index < -0.39 is 24.1 Å². The molecule has 0 saturated carbocycles. The molecule has 56 heavy (non-hydrogen) atoms. The van der Waals surface area contributed by atoms with E-state index in [9.17, 15) is 18.8 Å². The lowest BCUT2D eigenvalue weighted by Crippen LogP contribution is -2.52. The second-order valence-electron chi connectivity index (χ2n) is 14.6. The van der Waals surface area contributed by atoms with Crippen molar-refractivity contribution in [3.63, 3.8) is 0 Å². The van der Waals surface area contributed by atoms with Crippen LogP contribution in [0, 0.1) is 17.7 Å². The van der Waals surface area contributed by atoms with Gasteiger partial charge in [-0.15, -0.1) is 5.10 Å². The number of imide groups is 1. The molecule has 4 aliphatic rings. The summed E-state index contributed by atoms with van der Waals surface area (Å²) < 4.78 is 21.5. The number of rotatable bonds is 7. The minimum absolute atomic E-state index is 0.0646. The molecule has 14 heteroatoms. The van der Waals surface area contributed by atoms with Gasteiger partial charge >= 0.3 is 6.09 Å². The molecule has 284 valence electrons. The van der Waals surface area contributed by atoms with Gasteiger partial charge in [0, 0.05) is 44.7 Å². The summed E-state index contributed by atoms with van der Waals surface area (Å²) in [7, 11) is 0. The Labute approximate surface area is 323 Å². The van der Waals surface area contributed by atoms with Crippen LogP contribution in [0.1, 0.15) is 54.5 Å². The highest BCUT2D eigenvalue weighted by molar-refractivity contribution is 6.01. The first-order valence-electron chi connectivity index (χ1n) is 19.1. The van der Waals surface area contributed by atoms with Crippen LogP contribution in [-0.4, -0.2) is 99.1 Å². The Hall–Kier alpha value is -6.33. The van der Waals surface area contributed by atoms with Crippen molar-refractivity contribution in [3.8, 4) is 23.2 Å². The van der Waals surface area contributed by atoms with E-state index in [1.807, 2.05) is 71.4 Å². The first kappa shape index (κ1) is 35.4. The molecule has 5 aromatic rings. The number of fused-ring (bicyclic) bond motifs is 1. The Balaban J connectivity index is 0.803. The normalized spacial score (nSPS) is 21.6. The van der Waals surface area contributed by atoms with E-state index in [2.05, 4.69) is 36.8 Å². The molecule has 4 aliphatic heterocycles. The lowest BCUT2D eigenvalue weighted by atomic mass is 10.0. The van der Waals surface area contributed by atoms with Gasteiger partial charge in [0.05, 0.1) is 31.0 Å². The van der Waals surface area contributed by atoms with Crippen LogP contribution in [-0.2, 0) is 14.3 Å². The van der Waals surface area contributed by atoms with E-state index >= 15 is 0 Å². The first-order chi connectivity index (χ1) is 27.4. The number of hydrogen-bond donors (Lipinski definition) is 1. The number of imidazole rings is 1. The quantitative estimate of drug-likeness (QED) is 0.184. The van der Waals surface area contributed by atoms with Gasteiger partial charge in [-0.05, 0) is 78.9 Å². The van der Waals surface area contributed by atoms with Gasteiger partial charge in [0.15, 0.2) is 5.65 Å². The number of piperazine rings is 1. The highest BCUT2D eigenvalue weighted by Gasteiger charge is 2.42. The third-order valence-corrected chi connectivity index (χ3v) is 11.1. The van der Waals surface area contributed by atoms with Crippen LogP contribution in [0.5, 0.6) is 0 Å². The lowest BCUT2D eigenvalue weighted by Gasteiger charge is -2.34. The minimum Gasteiger partial charge on any atom is -0.439 e. The van der Waals surface area contributed by atoms with Crippen molar-refractivity contribution in [2.75, 3.05) is 55.6 Å². The number of benzene rings is 2. The summed E-state index contributed by atoms with van der Waals surface area (Å²) in [4.78, 5) is 54.3. The fourth-order valence-electron chi connectivity index (χ4n) is 8.09. The van der Waals surface area contributed by atoms with E-state index in [-0.39, 0.29) is 30.7 Å². The summed E-state index contributed by atoms with van der Waals surface area (Å²) in [5.74, 6) is 7.28. The van der Waals surface area contributed by atoms with Gasteiger partial charge in [-0.25, -0.2) is 23.7 Å². The Morgan fingerprint density at radius 2 is 1.68 bits per heavy atom. The predicted octanol–water partition coefficient (Wildman–Crippen LogP) is 4.74. The van der Waals surface area contributed by atoms with Crippen molar-refractivity contribution >= 4 is 35.2 Å². The number of amides is 3. The van der Waals surface area contributed by atoms with E-state index in [1.165, 1.54) is 11.0 Å². The van der Waals surface area contributed by atoms with Crippen molar-refractivity contribution in [3.05, 3.63) is 108 Å². The molecule has 13 nitrogen and oxygen atoms in total. The van der Waals surface area contributed by atoms with Crippen LogP contribution < -0.4 is 15.1 Å². The summed E-state index contributed by atoms with van der Waals surface area (Å²) in [6.07, 6.45) is 3.22.